The van der Waals surface area contributed by atoms with Crippen LogP contribution < -0.4 is 5.32 Å². The Balaban J connectivity index is 2.41. The van der Waals surface area contributed by atoms with E-state index in [0.717, 1.165) is 5.56 Å². The van der Waals surface area contributed by atoms with Crippen molar-refractivity contribution in [2.45, 2.75) is 44.8 Å². The maximum absolute atomic E-state index is 12.7. The Kier molecular flexibility index (Phi) is 4.78. The van der Waals surface area contributed by atoms with Gasteiger partial charge < -0.3 is 10.2 Å². The Hall–Kier alpha value is -2.10. The quantitative estimate of drug-likeness (QED) is 0.845. The third-order valence-corrected chi connectivity index (χ3v) is 3.90. The van der Waals surface area contributed by atoms with Gasteiger partial charge in [-0.2, -0.15) is 0 Å². The van der Waals surface area contributed by atoms with Gasteiger partial charge in [-0.15, -0.1) is 6.58 Å². The first-order valence-corrected chi connectivity index (χ1v) is 7.38. The summed E-state index contributed by atoms with van der Waals surface area (Å²) in [5.41, 5.74) is 0.841. The highest BCUT2D eigenvalue weighted by Crippen LogP contribution is 2.29. The molecule has 0 saturated carbocycles. The highest BCUT2D eigenvalue weighted by atomic mass is 16.2. The molecule has 1 aromatic carbocycles. The van der Waals surface area contributed by atoms with Crippen LogP contribution in [-0.2, 0) is 9.59 Å². The van der Waals surface area contributed by atoms with Gasteiger partial charge in [0.25, 0.3) is 0 Å². The van der Waals surface area contributed by atoms with Crippen molar-refractivity contribution in [3.05, 3.63) is 48.6 Å². The van der Waals surface area contributed by atoms with E-state index in [1.54, 1.807) is 11.0 Å². The van der Waals surface area contributed by atoms with Crippen molar-refractivity contribution < 1.29 is 9.59 Å². The predicted octanol–water partition coefficient (Wildman–Crippen LogP) is 2.43. The molecule has 0 radical (unpaired) electrons. The van der Waals surface area contributed by atoms with Gasteiger partial charge in [-0.1, -0.05) is 43.3 Å². The monoisotopic (exact) mass is 286 g/mol. The molecular weight excluding hydrogens is 264 g/mol. The van der Waals surface area contributed by atoms with E-state index in [0.29, 0.717) is 12.8 Å². The fraction of sp³-hybridized carbons (Fsp3) is 0.412. The molecule has 0 bridgehead atoms. The molecule has 1 saturated heterocycles. The molecule has 1 N–H and O–H groups in total. The van der Waals surface area contributed by atoms with Gasteiger partial charge in [0, 0.05) is 6.04 Å². The van der Waals surface area contributed by atoms with Gasteiger partial charge in [-0.3, -0.25) is 9.59 Å². The number of carbonyl (C=O) groups is 2. The first-order valence-electron chi connectivity index (χ1n) is 7.38. The van der Waals surface area contributed by atoms with Crippen LogP contribution in [0.2, 0.25) is 0 Å². The number of benzene rings is 1. The highest BCUT2D eigenvalue weighted by molar-refractivity contribution is 5.97. The minimum atomic E-state index is -0.559. The molecule has 0 aliphatic carbocycles. The fourth-order valence-corrected chi connectivity index (χ4v) is 2.80. The normalized spacial score (nSPS) is 23.6. The Bertz CT molecular complexity index is 527. The van der Waals surface area contributed by atoms with Crippen LogP contribution >= 0.6 is 0 Å². The number of amides is 2. The van der Waals surface area contributed by atoms with Gasteiger partial charge >= 0.3 is 0 Å². The predicted molar refractivity (Wildman–Crippen MR) is 82.5 cm³/mol. The zero-order valence-corrected chi connectivity index (χ0v) is 12.6. The molecule has 0 aromatic heterocycles. The molecule has 1 aliphatic heterocycles. The van der Waals surface area contributed by atoms with Crippen molar-refractivity contribution in [2.75, 3.05) is 0 Å². The molecule has 3 unspecified atom stereocenters. The van der Waals surface area contributed by atoms with Gasteiger partial charge in [0.2, 0.25) is 11.8 Å². The third-order valence-electron chi connectivity index (χ3n) is 3.90. The van der Waals surface area contributed by atoms with Crippen LogP contribution in [0.3, 0.4) is 0 Å². The zero-order valence-electron chi connectivity index (χ0n) is 12.6. The van der Waals surface area contributed by atoms with E-state index in [2.05, 4.69) is 11.9 Å². The van der Waals surface area contributed by atoms with Crippen molar-refractivity contribution in [2.24, 2.45) is 0 Å². The average Bonchev–Trinajstić information content (AvgIpc) is 2.49. The van der Waals surface area contributed by atoms with Gasteiger partial charge in [-0.05, 0) is 25.3 Å². The first-order chi connectivity index (χ1) is 10.1. The van der Waals surface area contributed by atoms with E-state index in [4.69, 9.17) is 0 Å². The lowest BCUT2D eigenvalue weighted by molar-refractivity contribution is -0.152. The molecule has 4 heteroatoms. The molecule has 0 spiro atoms. The summed E-state index contributed by atoms with van der Waals surface area (Å²) in [6.45, 7) is 7.60. The minimum Gasteiger partial charge on any atom is -0.342 e. The van der Waals surface area contributed by atoms with Crippen LogP contribution in [0, 0.1) is 0 Å². The van der Waals surface area contributed by atoms with Gasteiger partial charge in [-0.25, -0.2) is 0 Å². The summed E-state index contributed by atoms with van der Waals surface area (Å²) < 4.78 is 0. The molecule has 1 fully saturated rings. The summed E-state index contributed by atoms with van der Waals surface area (Å²) in [6, 6.07) is 8.40. The van der Waals surface area contributed by atoms with E-state index in [1.807, 2.05) is 44.2 Å². The number of piperazine rings is 1. The Morgan fingerprint density at radius 3 is 2.57 bits per heavy atom. The van der Waals surface area contributed by atoms with Crippen molar-refractivity contribution in [3.63, 3.8) is 0 Å². The number of nitrogens with one attached hydrogen (secondary N) is 1. The first kappa shape index (κ1) is 15.3. The Labute approximate surface area is 125 Å². The number of rotatable bonds is 5. The van der Waals surface area contributed by atoms with E-state index in [1.165, 1.54) is 0 Å². The van der Waals surface area contributed by atoms with E-state index in [9.17, 15) is 9.59 Å². The van der Waals surface area contributed by atoms with Crippen LogP contribution in [0.15, 0.2) is 43.0 Å². The van der Waals surface area contributed by atoms with Crippen molar-refractivity contribution >= 4 is 11.8 Å². The number of hydrogen-bond donors (Lipinski definition) is 1. The topological polar surface area (TPSA) is 49.4 Å². The molecule has 1 aliphatic rings. The second kappa shape index (κ2) is 6.57. The van der Waals surface area contributed by atoms with Crippen molar-refractivity contribution in [3.8, 4) is 0 Å². The van der Waals surface area contributed by atoms with Crippen LogP contribution in [0.4, 0.5) is 0 Å². The fourth-order valence-electron chi connectivity index (χ4n) is 2.80. The maximum Gasteiger partial charge on any atom is 0.248 e. The second-order valence-corrected chi connectivity index (χ2v) is 5.40. The summed E-state index contributed by atoms with van der Waals surface area (Å²) in [7, 11) is 0. The van der Waals surface area contributed by atoms with Crippen molar-refractivity contribution in [1.29, 1.82) is 0 Å². The maximum atomic E-state index is 12.7. The number of nitrogens with zero attached hydrogens (tertiary/aromatic N) is 1. The van der Waals surface area contributed by atoms with Crippen LogP contribution in [-0.4, -0.2) is 28.8 Å². The van der Waals surface area contributed by atoms with E-state index >= 15 is 0 Å². The SMILES string of the molecule is C=CCC(C)N1C(=O)C(CC)NC(=O)C1c1ccccc1. The smallest absolute Gasteiger partial charge is 0.248 e. The summed E-state index contributed by atoms with van der Waals surface area (Å²) in [5, 5.41) is 2.84. The lowest BCUT2D eigenvalue weighted by Crippen LogP contribution is -2.61. The van der Waals surface area contributed by atoms with Gasteiger partial charge in [0.1, 0.15) is 12.1 Å². The molecule has 112 valence electrons. The Morgan fingerprint density at radius 2 is 2.00 bits per heavy atom. The third kappa shape index (κ3) is 2.99. The summed E-state index contributed by atoms with van der Waals surface area (Å²) >= 11 is 0. The Morgan fingerprint density at radius 1 is 1.33 bits per heavy atom. The molecule has 4 nitrogen and oxygen atoms in total. The lowest BCUT2D eigenvalue weighted by atomic mass is 9.96. The van der Waals surface area contributed by atoms with E-state index < -0.39 is 12.1 Å². The molecule has 2 rings (SSSR count). The molecule has 1 heterocycles. The largest absolute Gasteiger partial charge is 0.342 e. The number of carbonyl (C=O) groups excluding carboxylic acids is 2. The molecule has 3 atom stereocenters. The summed E-state index contributed by atoms with van der Waals surface area (Å²) in [5.74, 6) is -0.121. The van der Waals surface area contributed by atoms with Crippen LogP contribution in [0.1, 0.15) is 38.3 Å². The van der Waals surface area contributed by atoms with Crippen LogP contribution in [0.25, 0.3) is 0 Å². The van der Waals surface area contributed by atoms with Gasteiger partial charge in [0.05, 0.1) is 0 Å². The van der Waals surface area contributed by atoms with Crippen LogP contribution in [0.5, 0.6) is 0 Å². The zero-order chi connectivity index (χ0) is 15.4. The molecule has 21 heavy (non-hydrogen) atoms. The van der Waals surface area contributed by atoms with Crippen molar-refractivity contribution in [1.82, 2.24) is 10.2 Å². The summed E-state index contributed by atoms with van der Waals surface area (Å²) in [4.78, 5) is 26.9. The molecule has 1 aromatic rings. The standard InChI is InChI=1S/C17H22N2O2/c1-4-9-12(3)19-15(13-10-7-6-8-11-13)16(20)18-14(5-2)17(19)21/h4,6-8,10-12,14-15H,1,5,9H2,2-3H3,(H,18,20). The second-order valence-electron chi connectivity index (χ2n) is 5.40. The van der Waals surface area contributed by atoms with E-state index in [-0.39, 0.29) is 17.9 Å². The lowest BCUT2D eigenvalue weighted by Gasteiger charge is -2.42. The average molecular weight is 286 g/mol. The summed E-state index contributed by atoms with van der Waals surface area (Å²) in [6.07, 6.45) is 3.05. The van der Waals surface area contributed by atoms with Gasteiger partial charge in [0.15, 0.2) is 0 Å². The minimum absolute atomic E-state index is 0.0136. The molecule has 2 amide bonds. The number of hydrogen-bond acceptors (Lipinski definition) is 2. The molecular formula is C17H22N2O2. The highest BCUT2D eigenvalue weighted by Gasteiger charge is 2.42.